The molecular weight excluding hydrogens is 220 g/mol. The van der Waals surface area contributed by atoms with Gasteiger partial charge in [-0.2, -0.15) is 0 Å². The van der Waals surface area contributed by atoms with Gasteiger partial charge in [-0.3, -0.25) is 0 Å². The molecule has 0 aliphatic heterocycles. The Balaban J connectivity index is 2.08. The molecular formula is C12H22N2OS. The van der Waals surface area contributed by atoms with E-state index >= 15 is 0 Å². The molecule has 0 amide bonds. The van der Waals surface area contributed by atoms with Gasteiger partial charge in [-0.25, -0.2) is 4.98 Å². The van der Waals surface area contributed by atoms with Crippen LogP contribution in [0.3, 0.4) is 0 Å². The summed E-state index contributed by atoms with van der Waals surface area (Å²) in [7, 11) is 1.73. The Morgan fingerprint density at radius 3 is 3.00 bits per heavy atom. The largest absolute Gasteiger partial charge is 0.383 e. The van der Waals surface area contributed by atoms with Crippen LogP contribution in [0.25, 0.3) is 0 Å². The van der Waals surface area contributed by atoms with E-state index < -0.39 is 0 Å². The number of aryl methyl sites for hydroxylation is 2. The van der Waals surface area contributed by atoms with Gasteiger partial charge in [0.25, 0.3) is 0 Å². The maximum Gasteiger partial charge on any atom is 0.0928 e. The molecule has 0 aliphatic rings. The van der Waals surface area contributed by atoms with E-state index in [-0.39, 0.29) is 0 Å². The third-order valence-electron chi connectivity index (χ3n) is 2.49. The van der Waals surface area contributed by atoms with Crippen LogP contribution < -0.4 is 5.32 Å². The molecule has 1 N–H and O–H groups in total. The summed E-state index contributed by atoms with van der Waals surface area (Å²) in [4.78, 5) is 4.47. The summed E-state index contributed by atoms with van der Waals surface area (Å²) in [6.07, 6.45) is 2.30. The van der Waals surface area contributed by atoms with E-state index in [0.29, 0.717) is 5.92 Å². The molecule has 92 valence electrons. The molecule has 0 saturated carbocycles. The van der Waals surface area contributed by atoms with E-state index in [1.54, 1.807) is 18.4 Å². The Labute approximate surface area is 102 Å². The van der Waals surface area contributed by atoms with E-state index in [4.69, 9.17) is 4.74 Å². The first kappa shape index (κ1) is 13.6. The van der Waals surface area contributed by atoms with Gasteiger partial charge < -0.3 is 10.1 Å². The predicted molar refractivity (Wildman–Crippen MR) is 69.1 cm³/mol. The van der Waals surface area contributed by atoms with Gasteiger partial charge in [-0.05, 0) is 32.2 Å². The molecule has 0 fully saturated rings. The Morgan fingerprint density at radius 2 is 2.38 bits per heavy atom. The molecule has 0 spiro atoms. The SMILES string of the molecule is COCCNCC(C)CCc1nc(C)cs1. The van der Waals surface area contributed by atoms with Crippen molar-refractivity contribution < 1.29 is 4.74 Å². The number of rotatable bonds is 8. The molecule has 0 aliphatic carbocycles. The molecule has 1 aromatic heterocycles. The summed E-state index contributed by atoms with van der Waals surface area (Å²) >= 11 is 1.77. The molecule has 1 aromatic rings. The van der Waals surface area contributed by atoms with Crippen molar-refractivity contribution in [1.82, 2.24) is 10.3 Å². The van der Waals surface area contributed by atoms with Crippen LogP contribution in [0.1, 0.15) is 24.0 Å². The third kappa shape index (κ3) is 5.58. The lowest BCUT2D eigenvalue weighted by atomic mass is 10.1. The van der Waals surface area contributed by atoms with Crippen molar-refractivity contribution in [3.63, 3.8) is 0 Å². The maximum absolute atomic E-state index is 4.98. The molecule has 1 rings (SSSR count). The van der Waals surface area contributed by atoms with Gasteiger partial charge >= 0.3 is 0 Å². The lowest BCUT2D eigenvalue weighted by Gasteiger charge is -2.11. The smallest absolute Gasteiger partial charge is 0.0928 e. The van der Waals surface area contributed by atoms with E-state index in [1.807, 2.05) is 0 Å². The van der Waals surface area contributed by atoms with Gasteiger partial charge in [0, 0.05) is 24.7 Å². The summed E-state index contributed by atoms with van der Waals surface area (Å²) in [6.45, 7) is 7.12. The average Bonchev–Trinajstić information content (AvgIpc) is 2.68. The second-order valence-corrected chi connectivity index (χ2v) is 5.17. The van der Waals surface area contributed by atoms with Crippen LogP contribution in [0, 0.1) is 12.8 Å². The second-order valence-electron chi connectivity index (χ2n) is 4.22. The Kier molecular flexibility index (Phi) is 6.61. The fourth-order valence-electron chi connectivity index (χ4n) is 1.51. The number of hydrogen-bond donors (Lipinski definition) is 1. The lowest BCUT2D eigenvalue weighted by Crippen LogP contribution is -2.25. The number of aromatic nitrogens is 1. The highest BCUT2D eigenvalue weighted by Crippen LogP contribution is 2.13. The molecule has 1 heterocycles. The highest BCUT2D eigenvalue weighted by atomic mass is 32.1. The summed E-state index contributed by atoms with van der Waals surface area (Å²) in [5, 5.41) is 6.77. The van der Waals surface area contributed by atoms with Crippen LogP contribution in [0.5, 0.6) is 0 Å². The van der Waals surface area contributed by atoms with Crippen molar-refractivity contribution in [3.8, 4) is 0 Å². The third-order valence-corrected chi connectivity index (χ3v) is 3.52. The van der Waals surface area contributed by atoms with Gasteiger partial charge in [-0.1, -0.05) is 6.92 Å². The minimum absolute atomic E-state index is 0.695. The average molecular weight is 242 g/mol. The topological polar surface area (TPSA) is 34.1 Å². The zero-order chi connectivity index (χ0) is 11.8. The summed E-state index contributed by atoms with van der Waals surface area (Å²) < 4.78 is 4.98. The standard InChI is InChI=1S/C12H22N2OS/c1-10(8-13-6-7-15-3)4-5-12-14-11(2)9-16-12/h9-10,13H,4-8H2,1-3H3. The second kappa shape index (κ2) is 7.76. The van der Waals surface area contributed by atoms with E-state index in [1.165, 1.54) is 11.4 Å². The normalized spacial score (nSPS) is 12.9. The first-order valence-electron chi connectivity index (χ1n) is 5.83. The van der Waals surface area contributed by atoms with Crippen LogP contribution in [0.4, 0.5) is 0 Å². The maximum atomic E-state index is 4.98. The van der Waals surface area contributed by atoms with Crippen molar-refractivity contribution in [3.05, 3.63) is 16.1 Å². The number of methoxy groups -OCH3 is 1. The molecule has 16 heavy (non-hydrogen) atoms. The molecule has 0 aromatic carbocycles. The van der Waals surface area contributed by atoms with Crippen LogP contribution in [-0.4, -0.2) is 31.8 Å². The van der Waals surface area contributed by atoms with Crippen LogP contribution in [-0.2, 0) is 11.2 Å². The van der Waals surface area contributed by atoms with Gasteiger partial charge in [0.2, 0.25) is 0 Å². The van der Waals surface area contributed by atoms with Crippen LogP contribution in [0.2, 0.25) is 0 Å². The van der Waals surface area contributed by atoms with Crippen molar-refractivity contribution in [2.45, 2.75) is 26.7 Å². The Morgan fingerprint density at radius 1 is 1.56 bits per heavy atom. The number of nitrogens with one attached hydrogen (secondary N) is 1. The van der Waals surface area contributed by atoms with E-state index in [2.05, 4.69) is 29.5 Å². The lowest BCUT2D eigenvalue weighted by molar-refractivity contribution is 0.198. The van der Waals surface area contributed by atoms with Gasteiger partial charge in [0.15, 0.2) is 0 Å². The first-order valence-corrected chi connectivity index (χ1v) is 6.71. The number of hydrogen-bond acceptors (Lipinski definition) is 4. The van der Waals surface area contributed by atoms with Crippen LogP contribution >= 0.6 is 11.3 Å². The molecule has 0 saturated heterocycles. The summed E-state index contributed by atoms with van der Waals surface area (Å²) in [5.41, 5.74) is 1.14. The fourth-order valence-corrected chi connectivity index (χ4v) is 2.30. The molecule has 0 bridgehead atoms. The number of nitrogens with zero attached hydrogens (tertiary/aromatic N) is 1. The molecule has 4 heteroatoms. The van der Waals surface area contributed by atoms with Crippen molar-refractivity contribution >= 4 is 11.3 Å². The fraction of sp³-hybridized carbons (Fsp3) is 0.750. The Hall–Kier alpha value is -0.450. The van der Waals surface area contributed by atoms with Crippen LogP contribution in [0.15, 0.2) is 5.38 Å². The first-order chi connectivity index (χ1) is 7.72. The number of thiazole rings is 1. The van der Waals surface area contributed by atoms with Gasteiger partial charge in [0.05, 0.1) is 11.6 Å². The van der Waals surface area contributed by atoms with E-state index in [9.17, 15) is 0 Å². The number of ether oxygens (including phenoxy) is 1. The van der Waals surface area contributed by atoms with Crippen molar-refractivity contribution in [2.75, 3.05) is 26.8 Å². The highest BCUT2D eigenvalue weighted by Gasteiger charge is 2.04. The summed E-state index contributed by atoms with van der Waals surface area (Å²) in [5.74, 6) is 0.695. The summed E-state index contributed by atoms with van der Waals surface area (Å²) in [6, 6.07) is 0. The van der Waals surface area contributed by atoms with E-state index in [0.717, 1.165) is 31.8 Å². The predicted octanol–water partition coefficient (Wildman–Crippen LogP) is 2.26. The molecule has 3 nitrogen and oxygen atoms in total. The van der Waals surface area contributed by atoms with Gasteiger partial charge in [-0.15, -0.1) is 11.3 Å². The zero-order valence-electron chi connectivity index (χ0n) is 10.5. The minimum atomic E-state index is 0.695. The monoisotopic (exact) mass is 242 g/mol. The van der Waals surface area contributed by atoms with Crippen molar-refractivity contribution in [1.29, 1.82) is 0 Å². The minimum Gasteiger partial charge on any atom is -0.383 e. The highest BCUT2D eigenvalue weighted by molar-refractivity contribution is 7.09. The Bertz CT molecular complexity index is 288. The molecule has 1 unspecified atom stereocenters. The van der Waals surface area contributed by atoms with Crippen molar-refractivity contribution in [2.24, 2.45) is 5.92 Å². The quantitative estimate of drug-likeness (QED) is 0.710. The molecule has 1 atom stereocenters. The zero-order valence-corrected chi connectivity index (χ0v) is 11.3. The van der Waals surface area contributed by atoms with Gasteiger partial charge in [0.1, 0.15) is 0 Å². The molecule has 0 radical (unpaired) electrons.